The second-order valence-electron chi connectivity index (χ2n) is 10.5. The molecule has 0 saturated heterocycles. The summed E-state index contributed by atoms with van der Waals surface area (Å²) in [5, 5.41) is 2.99. The Hall–Kier alpha value is -3.17. The Kier molecular flexibility index (Phi) is 12.0. The summed E-state index contributed by atoms with van der Waals surface area (Å²) < 4.78 is 27.5. The molecule has 0 aliphatic heterocycles. The van der Waals surface area contributed by atoms with E-state index in [4.69, 9.17) is 0 Å². The first kappa shape index (κ1) is 32.3. The molecule has 3 aromatic rings. The minimum Gasteiger partial charge on any atom is -0.352 e. The summed E-state index contributed by atoms with van der Waals surface area (Å²) >= 11 is 3.46. The molecule has 220 valence electrons. The summed E-state index contributed by atoms with van der Waals surface area (Å²) in [7, 11) is -3.55. The SMILES string of the molecule is CCc1ccc(N(CCCC(=O)N(Cc2ccc(Br)cc2)C(Cc2ccccc2)C(=O)NC(C)C)S(C)(=O)=O)cc1. The topological polar surface area (TPSA) is 86.8 Å². The summed E-state index contributed by atoms with van der Waals surface area (Å²) in [5.41, 5.74) is 3.53. The summed E-state index contributed by atoms with van der Waals surface area (Å²) in [6.45, 7) is 6.24. The summed E-state index contributed by atoms with van der Waals surface area (Å²) in [6, 6.07) is 23.9. The molecule has 9 heteroatoms. The number of nitrogens with one attached hydrogen (secondary N) is 1. The molecule has 0 aliphatic carbocycles. The lowest BCUT2D eigenvalue weighted by Gasteiger charge is -2.32. The quantitative estimate of drug-likeness (QED) is 0.244. The number of halogens is 1. The number of carbonyl (C=O) groups excluding carboxylic acids is 2. The van der Waals surface area contributed by atoms with Crippen LogP contribution in [-0.4, -0.2) is 50.0 Å². The lowest BCUT2D eigenvalue weighted by molar-refractivity contribution is -0.141. The maximum absolute atomic E-state index is 13.9. The van der Waals surface area contributed by atoms with Crippen molar-refractivity contribution in [2.75, 3.05) is 17.1 Å². The van der Waals surface area contributed by atoms with Gasteiger partial charge in [0.1, 0.15) is 6.04 Å². The molecule has 3 rings (SSSR count). The Morgan fingerprint density at radius 1 is 0.878 bits per heavy atom. The van der Waals surface area contributed by atoms with E-state index < -0.39 is 16.1 Å². The van der Waals surface area contributed by atoms with Crippen LogP contribution in [0.25, 0.3) is 0 Å². The van der Waals surface area contributed by atoms with Crippen LogP contribution in [0.1, 0.15) is 50.3 Å². The first-order valence-corrected chi connectivity index (χ1v) is 16.6. The highest BCUT2D eigenvalue weighted by atomic mass is 79.9. The number of hydrogen-bond donors (Lipinski definition) is 1. The summed E-state index contributed by atoms with van der Waals surface area (Å²) in [6.07, 6.45) is 2.80. The third kappa shape index (κ3) is 10.0. The van der Waals surface area contributed by atoms with Crippen LogP contribution in [0.4, 0.5) is 5.69 Å². The summed E-state index contributed by atoms with van der Waals surface area (Å²) in [4.78, 5) is 29.0. The Morgan fingerprint density at radius 2 is 1.49 bits per heavy atom. The molecule has 0 fully saturated rings. The van der Waals surface area contributed by atoms with Crippen molar-refractivity contribution in [1.82, 2.24) is 10.2 Å². The van der Waals surface area contributed by atoms with Gasteiger partial charge in [-0.3, -0.25) is 13.9 Å². The first-order chi connectivity index (χ1) is 19.5. The van der Waals surface area contributed by atoms with Crippen molar-refractivity contribution in [2.24, 2.45) is 0 Å². The Balaban J connectivity index is 1.86. The van der Waals surface area contributed by atoms with Gasteiger partial charge in [0.15, 0.2) is 0 Å². The highest BCUT2D eigenvalue weighted by Crippen LogP contribution is 2.21. The molecule has 1 unspecified atom stereocenters. The molecule has 0 heterocycles. The van der Waals surface area contributed by atoms with Gasteiger partial charge in [0.2, 0.25) is 21.8 Å². The zero-order valence-corrected chi connectivity index (χ0v) is 26.6. The lowest BCUT2D eigenvalue weighted by Crippen LogP contribution is -2.51. The van der Waals surface area contributed by atoms with E-state index in [2.05, 4.69) is 21.2 Å². The van der Waals surface area contributed by atoms with Gasteiger partial charge in [-0.1, -0.05) is 77.5 Å². The second-order valence-corrected chi connectivity index (χ2v) is 13.3. The molecule has 3 aromatic carbocycles. The van der Waals surface area contributed by atoms with Gasteiger partial charge in [0.05, 0.1) is 11.9 Å². The van der Waals surface area contributed by atoms with Gasteiger partial charge in [0, 0.05) is 36.4 Å². The molecule has 1 atom stereocenters. The van der Waals surface area contributed by atoms with Gasteiger partial charge in [-0.2, -0.15) is 0 Å². The van der Waals surface area contributed by atoms with Gasteiger partial charge < -0.3 is 10.2 Å². The molecule has 0 spiro atoms. The van der Waals surface area contributed by atoms with Crippen LogP contribution in [0.2, 0.25) is 0 Å². The van der Waals surface area contributed by atoms with E-state index in [9.17, 15) is 18.0 Å². The van der Waals surface area contributed by atoms with Gasteiger partial charge >= 0.3 is 0 Å². The van der Waals surface area contributed by atoms with Crippen molar-refractivity contribution < 1.29 is 18.0 Å². The van der Waals surface area contributed by atoms with Gasteiger partial charge in [-0.25, -0.2) is 8.42 Å². The molecule has 7 nitrogen and oxygen atoms in total. The smallest absolute Gasteiger partial charge is 0.243 e. The average Bonchev–Trinajstić information content (AvgIpc) is 2.93. The fourth-order valence-corrected chi connectivity index (χ4v) is 5.85. The van der Waals surface area contributed by atoms with Crippen LogP contribution in [0.3, 0.4) is 0 Å². The Labute approximate surface area is 253 Å². The molecule has 0 aromatic heterocycles. The normalized spacial score (nSPS) is 12.1. The highest BCUT2D eigenvalue weighted by molar-refractivity contribution is 9.10. The van der Waals surface area contributed by atoms with Crippen molar-refractivity contribution in [1.29, 1.82) is 0 Å². The van der Waals surface area contributed by atoms with E-state index in [0.29, 0.717) is 18.5 Å². The summed E-state index contributed by atoms with van der Waals surface area (Å²) in [5.74, 6) is -0.425. The number of amides is 2. The van der Waals surface area contributed by atoms with Gasteiger partial charge in [-0.15, -0.1) is 0 Å². The highest BCUT2D eigenvalue weighted by Gasteiger charge is 2.31. The molecule has 1 N–H and O–H groups in total. The van der Waals surface area contributed by atoms with Crippen LogP contribution in [0.15, 0.2) is 83.3 Å². The molecule has 0 aliphatic rings. The van der Waals surface area contributed by atoms with E-state index in [1.165, 1.54) is 10.6 Å². The monoisotopic (exact) mass is 641 g/mol. The minimum atomic E-state index is -3.55. The Bertz CT molecular complexity index is 1380. The lowest BCUT2D eigenvalue weighted by atomic mass is 10.0. The number of hydrogen-bond acceptors (Lipinski definition) is 4. The number of rotatable bonds is 14. The zero-order valence-electron chi connectivity index (χ0n) is 24.2. The number of carbonyl (C=O) groups is 2. The zero-order chi connectivity index (χ0) is 30.0. The van der Waals surface area contributed by atoms with Crippen LogP contribution >= 0.6 is 15.9 Å². The number of nitrogens with zero attached hydrogens (tertiary/aromatic N) is 2. The number of sulfonamides is 1. The third-order valence-electron chi connectivity index (χ3n) is 6.75. The van der Waals surface area contributed by atoms with Crippen LogP contribution in [-0.2, 0) is 39.0 Å². The molecule has 41 heavy (non-hydrogen) atoms. The predicted molar refractivity (Wildman–Crippen MR) is 169 cm³/mol. The molecule has 0 radical (unpaired) electrons. The molecular weight excluding hydrogens is 602 g/mol. The van der Waals surface area contributed by atoms with Crippen molar-refractivity contribution in [2.45, 2.75) is 65.1 Å². The number of anilines is 1. The standard InChI is InChI=1S/C32H40BrN3O4S/c1-5-25-15-19-29(20-16-25)36(41(4,39)40)21-9-12-31(37)35(23-27-13-17-28(33)18-14-27)30(32(38)34-24(2)3)22-26-10-7-6-8-11-26/h6-8,10-11,13-20,24,30H,5,9,12,21-23H2,1-4H3,(H,34,38). The van der Waals surface area contributed by atoms with E-state index in [1.54, 1.807) is 17.0 Å². The minimum absolute atomic E-state index is 0.0900. The van der Waals surface area contributed by atoms with Crippen LogP contribution in [0, 0.1) is 0 Å². The van der Waals surface area contributed by atoms with Crippen molar-refractivity contribution >= 4 is 43.5 Å². The third-order valence-corrected chi connectivity index (χ3v) is 8.48. The van der Waals surface area contributed by atoms with Crippen molar-refractivity contribution in [3.8, 4) is 0 Å². The number of aryl methyl sites for hydroxylation is 1. The fourth-order valence-electron chi connectivity index (χ4n) is 4.62. The van der Waals surface area contributed by atoms with Crippen LogP contribution in [0.5, 0.6) is 0 Å². The van der Waals surface area contributed by atoms with Crippen LogP contribution < -0.4 is 9.62 Å². The maximum atomic E-state index is 13.9. The molecule has 0 bridgehead atoms. The molecule has 2 amide bonds. The molecule has 0 saturated carbocycles. The van der Waals surface area contributed by atoms with E-state index in [-0.39, 0.29) is 37.4 Å². The largest absolute Gasteiger partial charge is 0.352 e. The Morgan fingerprint density at radius 3 is 2.05 bits per heavy atom. The molecular formula is C32H40BrN3O4S. The maximum Gasteiger partial charge on any atom is 0.243 e. The van der Waals surface area contributed by atoms with E-state index >= 15 is 0 Å². The van der Waals surface area contributed by atoms with Crippen molar-refractivity contribution in [3.05, 3.63) is 100 Å². The average molecular weight is 643 g/mol. The van der Waals surface area contributed by atoms with Gasteiger partial charge in [0.25, 0.3) is 0 Å². The first-order valence-electron chi connectivity index (χ1n) is 13.9. The van der Waals surface area contributed by atoms with Gasteiger partial charge in [-0.05, 0) is 67.6 Å². The number of benzene rings is 3. The van der Waals surface area contributed by atoms with E-state index in [0.717, 1.165) is 27.6 Å². The van der Waals surface area contributed by atoms with Crippen molar-refractivity contribution in [3.63, 3.8) is 0 Å². The second kappa shape index (κ2) is 15.2. The fraction of sp³-hybridized carbons (Fsp3) is 0.375. The predicted octanol–water partition coefficient (Wildman–Crippen LogP) is 5.72. The van der Waals surface area contributed by atoms with E-state index in [1.807, 2.05) is 87.5 Å².